The van der Waals surface area contributed by atoms with E-state index >= 15 is 0 Å². The van der Waals surface area contributed by atoms with Gasteiger partial charge in [0, 0.05) is 18.0 Å². The molecule has 174 valence electrons. The number of carbonyl (C=O) groups excluding carboxylic acids is 1. The average Bonchev–Trinajstić information content (AvgIpc) is 3.25. The van der Waals surface area contributed by atoms with Crippen molar-refractivity contribution in [2.24, 2.45) is 0 Å². The van der Waals surface area contributed by atoms with E-state index in [-0.39, 0.29) is 13.0 Å². The first-order valence-corrected chi connectivity index (χ1v) is 12.7. The minimum absolute atomic E-state index is 0.173. The lowest BCUT2D eigenvalue weighted by Gasteiger charge is -2.19. The molecule has 0 radical (unpaired) electrons. The van der Waals surface area contributed by atoms with Crippen LogP contribution in [0.2, 0.25) is 5.02 Å². The monoisotopic (exact) mass is 509 g/mol. The molecule has 1 atom stereocenters. The van der Waals surface area contributed by atoms with Gasteiger partial charge in [0.05, 0.1) is 23.5 Å². The van der Waals surface area contributed by atoms with Gasteiger partial charge in [0.1, 0.15) is 16.6 Å². The van der Waals surface area contributed by atoms with Crippen LogP contribution in [0.3, 0.4) is 0 Å². The molecule has 1 aliphatic rings. The molecule has 1 fully saturated rings. The van der Waals surface area contributed by atoms with Gasteiger partial charge in [0.15, 0.2) is 5.25 Å². The van der Waals surface area contributed by atoms with Gasteiger partial charge >= 0.3 is 0 Å². The maximum atomic E-state index is 13.6. The second kappa shape index (κ2) is 9.28. The number of sulfonamides is 1. The van der Waals surface area contributed by atoms with E-state index < -0.39 is 27.0 Å². The van der Waals surface area contributed by atoms with Crippen molar-refractivity contribution in [2.45, 2.75) is 25.0 Å². The summed E-state index contributed by atoms with van der Waals surface area (Å²) in [6.45, 7) is 1.93. The highest BCUT2D eigenvalue weighted by molar-refractivity contribution is 7.94. The zero-order valence-corrected chi connectivity index (χ0v) is 20.2. The second-order valence-corrected chi connectivity index (χ2v) is 11.1. The van der Waals surface area contributed by atoms with Crippen molar-refractivity contribution >= 4 is 49.6 Å². The molecule has 0 aliphatic carbocycles. The lowest BCUT2D eigenvalue weighted by atomic mass is 10.1. The number of amides is 1. The number of hydrogen-bond acceptors (Lipinski definition) is 6. The van der Waals surface area contributed by atoms with E-state index in [2.05, 4.69) is 10.3 Å². The van der Waals surface area contributed by atoms with Crippen LogP contribution < -0.4 is 14.4 Å². The van der Waals surface area contributed by atoms with Crippen LogP contribution in [0, 0.1) is 12.7 Å². The van der Waals surface area contributed by atoms with Crippen LogP contribution in [0.5, 0.6) is 5.75 Å². The van der Waals surface area contributed by atoms with Gasteiger partial charge in [-0.3, -0.25) is 9.10 Å². The minimum atomic E-state index is -3.88. The topological polar surface area (TPSA) is 88.6 Å². The molecule has 4 rings (SSSR count). The fourth-order valence-corrected chi connectivity index (χ4v) is 6.74. The molecule has 1 aromatic heterocycles. The Morgan fingerprint density at radius 2 is 2.03 bits per heavy atom. The summed E-state index contributed by atoms with van der Waals surface area (Å²) in [5.74, 6) is -0.424. The number of hydrogen-bond donors (Lipinski definition) is 1. The number of halogens is 2. The van der Waals surface area contributed by atoms with E-state index in [1.165, 1.54) is 34.9 Å². The predicted octanol–water partition coefficient (Wildman–Crippen LogP) is 4.39. The predicted molar refractivity (Wildman–Crippen MR) is 127 cm³/mol. The van der Waals surface area contributed by atoms with E-state index in [0.29, 0.717) is 44.1 Å². The Kier molecular flexibility index (Phi) is 6.60. The normalized spacial score (nSPS) is 17.2. The molecule has 3 aromatic rings. The summed E-state index contributed by atoms with van der Waals surface area (Å²) in [7, 11) is -2.35. The van der Waals surface area contributed by atoms with Crippen molar-refractivity contribution in [3.8, 4) is 5.75 Å². The van der Waals surface area contributed by atoms with Crippen LogP contribution in [-0.4, -0.2) is 38.2 Å². The summed E-state index contributed by atoms with van der Waals surface area (Å²) < 4.78 is 46.1. The molecule has 0 bridgehead atoms. The molecule has 1 unspecified atom stereocenters. The number of aromatic nitrogens is 1. The Hall–Kier alpha value is -2.69. The van der Waals surface area contributed by atoms with Gasteiger partial charge in [0.2, 0.25) is 15.9 Å². The summed E-state index contributed by atoms with van der Waals surface area (Å²) in [6, 6.07) is 10.9. The first-order valence-electron chi connectivity index (χ1n) is 10.0. The molecule has 0 spiro atoms. The number of thiazole rings is 1. The van der Waals surface area contributed by atoms with Crippen LogP contribution in [-0.2, 0) is 21.2 Å². The Balaban J connectivity index is 1.48. The van der Waals surface area contributed by atoms with Gasteiger partial charge in [-0.1, -0.05) is 11.6 Å². The lowest BCUT2D eigenvalue weighted by molar-refractivity contribution is -0.115. The zero-order chi connectivity index (χ0) is 23.8. The Labute approximate surface area is 200 Å². The molecule has 11 heteroatoms. The highest BCUT2D eigenvalue weighted by Crippen LogP contribution is 2.32. The van der Waals surface area contributed by atoms with Crippen LogP contribution in [0.15, 0.2) is 42.5 Å². The number of ether oxygens (including phenoxy) is 1. The van der Waals surface area contributed by atoms with Gasteiger partial charge in [-0.15, -0.1) is 11.3 Å². The summed E-state index contributed by atoms with van der Waals surface area (Å²) in [4.78, 5) is 17.3. The third-order valence-corrected chi connectivity index (χ3v) is 8.74. The fourth-order valence-electron chi connectivity index (χ4n) is 3.68. The van der Waals surface area contributed by atoms with Crippen LogP contribution in [0.25, 0.3) is 0 Å². The van der Waals surface area contributed by atoms with Crippen molar-refractivity contribution in [1.29, 1.82) is 0 Å². The number of benzene rings is 2. The maximum Gasteiger partial charge on any atom is 0.247 e. The van der Waals surface area contributed by atoms with Crippen molar-refractivity contribution < 1.29 is 22.3 Å². The molecule has 2 aromatic carbocycles. The third-order valence-electron chi connectivity index (χ3n) is 5.27. The summed E-state index contributed by atoms with van der Waals surface area (Å²) in [5, 5.41) is 2.93. The number of anilines is 2. The van der Waals surface area contributed by atoms with Crippen molar-refractivity contribution in [3.05, 3.63) is 69.6 Å². The van der Waals surface area contributed by atoms with E-state index in [4.69, 9.17) is 16.3 Å². The number of methoxy groups -OCH3 is 1. The summed E-state index contributed by atoms with van der Waals surface area (Å²) >= 11 is 7.13. The third kappa shape index (κ3) is 4.97. The largest absolute Gasteiger partial charge is 0.497 e. The molecular weight excluding hydrogens is 489 g/mol. The standard InChI is InChI=1S/C22H21ClFN3O4S2/c1-13-22(32-20(25-13)11-14-9-15(23)12-16(24)10-14)26-21(28)19-7-8-27(33(19,29)30)17-3-5-18(31-2)6-4-17/h3-6,9-10,12,19H,7-8,11H2,1-2H3,(H,26,28). The second-order valence-electron chi connectivity index (χ2n) is 7.56. The number of nitrogens with one attached hydrogen (secondary N) is 1. The molecule has 1 aliphatic heterocycles. The quantitative estimate of drug-likeness (QED) is 0.532. The van der Waals surface area contributed by atoms with Crippen molar-refractivity contribution in [1.82, 2.24) is 4.98 Å². The zero-order valence-electron chi connectivity index (χ0n) is 17.8. The number of carbonyl (C=O) groups is 1. The maximum absolute atomic E-state index is 13.6. The Bertz CT molecular complexity index is 1280. The summed E-state index contributed by atoms with van der Waals surface area (Å²) in [5.41, 5.74) is 1.70. The lowest BCUT2D eigenvalue weighted by Crippen LogP contribution is -2.36. The Morgan fingerprint density at radius 1 is 1.30 bits per heavy atom. The molecule has 1 N–H and O–H groups in total. The molecule has 1 amide bonds. The van der Waals surface area contributed by atoms with Gasteiger partial charge < -0.3 is 10.1 Å². The smallest absolute Gasteiger partial charge is 0.247 e. The average molecular weight is 510 g/mol. The fraction of sp³-hybridized carbons (Fsp3) is 0.273. The first-order chi connectivity index (χ1) is 15.7. The van der Waals surface area contributed by atoms with Crippen LogP contribution in [0.1, 0.15) is 22.7 Å². The van der Waals surface area contributed by atoms with E-state index in [1.807, 2.05) is 0 Å². The van der Waals surface area contributed by atoms with E-state index in [9.17, 15) is 17.6 Å². The van der Waals surface area contributed by atoms with Gasteiger partial charge in [-0.25, -0.2) is 17.8 Å². The van der Waals surface area contributed by atoms with E-state index in [0.717, 1.165) is 0 Å². The molecule has 1 saturated heterocycles. The Morgan fingerprint density at radius 3 is 2.70 bits per heavy atom. The van der Waals surface area contributed by atoms with Crippen molar-refractivity contribution in [3.63, 3.8) is 0 Å². The molecular formula is C22H21ClFN3O4S2. The molecule has 2 heterocycles. The number of rotatable bonds is 6. The van der Waals surface area contributed by atoms with Crippen LogP contribution >= 0.6 is 22.9 Å². The number of nitrogens with zero attached hydrogens (tertiary/aromatic N) is 2. The molecule has 0 saturated carbocycles. The highest BCUT2D eigenvalue weighted by Gasteiger charge is 2.43. The van der Waals surface area contributed by atoms with Gasteiger partial charge in [-0.05, 0) is 61.4 Å². The number of aryl methyl sites for hydroxylation is 1. The molecule has 33 heavy (non-hydrogen) atoms. The van der Waals surface area contributed by atoms with Gasteiger partial charge in [0.25, 0.3) is 0 Å². The van der Waals surface area contributed by atoms with Crippen molar-refractivity contribution in [2.75, 3.05) is 23.3 Å². The first kappa shape index (κ1) is 23.5. The van der Waals surface area contributed by atoms with Crippen LogP contribution in [0.4, 0.5) is 15.1 Å². The summed E-state index contributed by atoms with van der Waals surface area (Å²) in [6.07, 6.45) is 0.512. The minimum Gasteiger partial charge on any atom is -0.497 e. The SMILES string of the molecule is COc1ccc(N2CCC(C(=O)Nc3sc(Cc4cc(F)cc(Cl)c4)nc3C)S2(=O)=O)cc1. The van der Waals surface area contributed by atoms with Gasteiger partial charge in [-0.2, -0.15) is 0 Å². The van der Waals surface area contributed by atoms with E-state index in [1.54, 1.807) is 37.3 Å². The molecule has 7 nitrogen and oxygen atoms in total. The highest BCUT2D eigenvalue weighted by atomic mass is 35.5.